The summed E-state index contributed by atoms with van der Waals surface area (Å²) in [6.45, 7) is 0. The highest BCUT2D eigenvalue weighted by Gasteiger charge is 2.01. The molecule has 0 atom stereocenters. The molecule has 3 nitrogen and oxygen atoms in total. The molecule has 4 N–H and O–H groups in total. The van der Waals surface area contributed by atoms with Gasteiger partial charge >= 0.3 is 0 Å². The van der Waals surface area contributed by atoms with Gasteiger partial charge in [0, 0.05) is 0 Å². The molecule has 10 heavy (non-hydrogen) atoms. The third-order valence-electron chi connectivity index (χ3n) is 0.984. The van der Waals surface area contributed by atoms with Crippen molar-refractivity contribution in [1.82, 2.24) is 4.98 Å². The minimum absolute atomic E-state index is 0.499. The molecule has 0 saturated heterocycles. The average Bonchev–Trinajstić information content (AvgIpc) is 1.84. The molecular formula is C5H5I2N3. The van der Waals surface area contributed by atoms with E-state index in [1.165, 1.54) is 0 Å². The van der Waals surface area contributed by atoms with Gasteiger partial charge in [-0.05, 0) is 51.2 Å². The van der Waals surface area contributed by atoms with Crippen molar-refractivity contribution in [2.75, 3.05) is 11.5 Å². The Bertz CT molecular complexity index is 211. The van der Waals surface area contributed by atoms with Crippen molar-refractivity contribution >= 4 is 56.8 Å². The highest BCUT2D eigenvalue weighted by atomic mass is 127. The van der Waals surface area contributed by atoms with Crippen molar-refractivity contribution in [3.8, 4) is 0 Å². The molecule has 1 aromatic rings. The molecule has 1 aromatic heterocycles. The summed E-state index contributed by atoms with van der Waals surface area (Å²) in [5.74, 6) is 0.997. The fourth-order valence-electron chi connectivity index (χ4n) is 0.496. The first kappa shape index (κ1) is 8.31. The third-order valence-corrected chi connectivity index (χ3v) is 2.71. The fraction of sp³-hybridized carbons (Fsp3) is 0. The second kappa shape index (κ2) is 3.07. The monoisotopic (exact) mass is 361 g/mol. The second-order valence-electron chi connectivity index (χ2n) is 1.72. The first-order valence-electron chi connectivity index (χ1n) is 2.48. The van der Waals surface area contributed by atoms with Crippen molar-refractivity contribution in [2.24, 2.45) is 0 Å². The topological polar surface area (TPSA) is 64.9 Å². The van der Waals surface area contributed by atoms with Crippen LogP contribution in [0.4, 0.5) is 11.6 Å². The van der Waals surface area contributed by atoms with Crippen molar-refractivity contribution in [3.05, 3.63) is 13.2 Å². The Balaban J connectivity index is 3.28. The van der Waals surface area contributed by atoms with Gasteiger partial charge in [0.05, 0.1) is 7.14 Å². The molecule has 1 heterocycles. The molecule has 5 heteroatoms. The van der Waals surface area contributed by atoms with Gasteiger partial charge in [-0.3, -0.25) is 0 Å². The number of rotatable bonds is 0. The van der Waals surface area contributed by atoms with Crippen LogP contribution in [0.3, 0.4) is 0 Å². The zero-order valence-corrected chi connectivity index (χ0v) is 9.25. The van der Waals surface area contributed by atoms with E-state index in [2.05, 4.69) is 50.2 Å². The van der Waals surface area contributed by atoms with Crippen LogP contribution < -0.4 is 11.5 Å². The molecule has 0 radical (unpaired) electrons. The first-order chi connectivity index (χ1) is 4.61. The van der Waals surface area contributed by atoms with Crippen LogP contribution in [-0.4, -0.2) is 4.98 Å². The van der Waals surface area contributed by atoms with Gasteiger partial charge in [-0.1, -0.05) is 0 Å². The molecule has 0 aliphatic heterocycles. The zero-order valence-electron chi connectivity index (χ0n) is 4.94. The predicted molar refractivity (Wildman–Crippen MR) is 58.5 cm³/mol. The number of nitrogen functional groups attached to an aromatic ring is 2. The largest absolute Gasteiger partial charge is 0.383 e. The minimum atomic E-state index is 0.499. The molecule has 0 saturated carbocycles. The van der Waals surface area contributed by atoms with E-state index < -0.39 is 0 Å². The number of aromatic nitrogens is 1. The Morgan fingerprint density at radius 2 is 1.50 bits per heavy atom. The summed E-state index contributed by atoms with van der Waals surface area (Å²) in [6, 6.07) is 1.90. The summed E-state index contributed by atoms with van der Waals surface area (Å²) >= 11 is 4.24. The molecule has 0 amide bonds. The number of pyridine rings is 1. The molecule has 0 aromatic carbocycles. The zero-order chi connectivity index (χ0) is 7.72. The average molecular weight is 361 g/mol. The summed E-state index contributed by atoms with van der Waals surface area (Å²) in [5, 5.41) is 0. The van der Waals surface area contributed by atoms with Gasteiger partial charge in [0.2, 0.25) is 0 Å². The van der Waals surface area contributed by atoms with Crippen LogP contribution in [-0.2, 0) is 0 Å². The standard InChI is InChI=1S/C5H5I2N3/c6-2-1-3(7)5(9)10-4(2)8/h1H,(H4,8,9,10). The molecule has 0 spiro atoms. The maximum Gasteiger partial charge on any atom is 0.139 e. The van der Waals surface area contributed by atoms with Gasteiger partial charge in [-0.25, -0.2) is 4.98 Å². The Kier molecular flexibility index (Phi) is 2.55. The molecule has 0 aliphatic carbocycles. The van der Waals surface area contributed by atoms with Crippen molar-refractivity contribution in [2.45, 2.75) is 0 Å². The summed E-state index contributed by atoms with van der Waals surface area (Å²) in [6.07, 6.45) is 0. The number of hydrogen-bond donors (Lipinski definition) is 2. The van der Waals surface area contributed by atoms with E-state index in [9.17, 15) is 0 Å². The number of nitrogens with two attached hydrogens (primary N) is 2. The highest BCUT2D eigenvalue weighted by molar-refractivity contribution is 14.1. The van der Waals surface area contributed by atoms with E-state index >= 15 is 0 Å². The van der Waals surface area contributed by atoms with E-state index in [0.29, 0.717) is 11.6 Å². The molecule has 0 aliphatic rings. The SMILES string of the molecule is Nc1nc(N)c(I)cc1I. The molecule has 0 unspecified atom stereocenters. The lowest BCUT2D eigenvalue weighted by atomic mass is 10.4. The Hall–Kier alpha value is 0.210. The highest BCUT2D eigenvalue weighted by Crippen LogP contribution is 2.19. The van der Waals surface area contributed by atoms with Crippen molar-refractivity contribution < 1.29 is 0 Å². The normalized spacial score (nSPS) is 9.80. The van der Waals surface area contributed by atoms with Crippen LogP contribution in [0.2, 0.25) is 0 Å². The van der Waals surface area contributed by atoms with E-state index in [4.69, 9.17) is 11.5 Å². The lowest BCUT2D eigenvalue weighted by Crippen LogP contribution is -2.00. The van der Waals surface area contributed by atoms with E-state index in [1.807, 2.05) is 6.07 Å². The molecule has 54 valence electrons. The van der Waals surface area contributed by atoms with Gasteiger partial charge in [0.25, 0.3) is 0 Å². The summed E-state index contributed by atoms with van der Waals surface area (Å²) in [7, 11) is 0. The molecule has 1 rings (SSSR count). The van der Waals surface area contributed by atoms with Crippen LogP contribution in [0.5, 0.6) is 0 Å². The fourth-order valence-corrected chi connectivity index (χ4v) is 1.96. The van der Waals surface area contributed by atoms with Crippen LogP contribution in [0.15, 0.2) is 6.07 Å². The third kappa shape index (κ3) is 1.62. The smallest absolute Gasteiger partial charge is 0.139 e. The second-order valence-corrected chi connectivity index (χ2v) is 4.05. The summed E-state index contributed by atoms with van der Waals surface area (Å²) in [5.41, 5.74) is 11.0. The summed E-state index contributed by atoms with van der Waals surface area (Å²) < 4.78 is 1.88. The quantitative estimate of drug-likeness (QED) is 0.688. The number of halogens is 2. The molecular weight excluding hydrogens is 356 g/mol. The van der Waals surface area contributed by atoms with Crippen LogP contribution in [0, 0.1) is 7.14 Å². The van der Waals surface area contributed by atoms with Gasteiger partial charge in [0.15, 0.2) is 0 Å². The van der Waals surface area contributed by atoms with Crippen molar-refractivity contribution in [3.63, 3.8) is 0 Å². The van der Waals surface area contributed by atoms with Crippen LogP contribution in [0.1, 0.15) is 0 Å². The minimum Gasteiger partial charge on any atom is -0.383 e. The van der Waals surface area contributed by atoms with E-state index in [-0.39, 0.29) is 0 Å². The maximum atomic E-state index is 5.49. The van der Waals surface area contributed by atoms with Gasteiger partial charge in [-0.15, -0.1) is 0 Å². The van der Waals surface area contributed by atoms with E-state index in [0.717, 1.165) is 7.14 Å². The van der Waals surface area contributed by atoms with Crippen molar-refractivity contribution in [1.29, 1.82) is 0 Å². The Morgan fingerprint density at radius 3 is 1.80 bits per heavy atom. The van der Waals surface area contributed by atoms with Gasteiger partial charge in [0.1, 0.15) is 11.6 Å². The Labute approximate surface area is 85.9 Å². The lowest BCUT2D eigenvalue weighted by molar-refractivity contribution is 1.31. The molecule has 0 fully saturated rings. The maximum absolute atomic E-state index is 5.49. The van der Waals surface area contributed by atoms with Gasteiger partial charge in [-0.2, -0.15) is 0 Å². The number of nitrogens with zero attached hydrogens (tertiary/aromatic N) is 1. The predicted octanol–water partition coefficient (Wildman–Crippen LogP) is 1.46. The Morgan fingerprint density at radius 1 is 1.10 bits per heavy atom. The number of hydrogen-bond acceptors (Lipinski definition) is 3. The van der Waals surface area contributed by atoms with Crippen LogP contribution in [0.25, 0.3) is 0 Å². The van der Waals surface area contributed by atoms with Crippen LogP contribution >= 0.6 is 45.2 Å². The lowest BCUT2D eigenvalue weighted by Gasteiger charge is -2.00. The van der Waals surface area contributed by atoms with Gasteiger partial charge < -0.3 is 11.5 Å². The van der Waals surface area contributed by atoms with E-state index in [1.54, 1.807) is 0 Å². The first-order valence-corrected chi connectivity index (χ1v) is 4.64. The summed E-state index contributed by atoms with van der Waals surface area (Å²) in [4.78, 5) is 3.91. The molecule has 0 bridgehead atoms. The number of anilines is 2.